The number of rotatable bonds is 26. The minimum atomic E-state index is -1.13. The van der Waals surface area contributed by atoms with Crippen molar-refractivity contribution < 1.29 is 38.9 Å². The largest absolute Gasteiger partial charge is 0.494 e. The maximum Gasteiger partial charge on any atom is 0.335 e. The van der Waals surface area contributed by atoms with Gasteiger partial charge in [-0.15, -0.1) is 0 Å². The number of carbonyl (C=O) groups is 4. The SMILES string of the molecule is COCCNC(=O)CC[C@H](NC(=O)CCCCCCCCCCCCCCCOc1cccc(C(=O)O)c1)C(=O)O. The van der Waals surface area contributed by atoms with Crippen LogP contribution in [0.4, 0.5) is 0 Å². The molecular formula is C31H50N2O8. The Hall–Kier alpha value is -3.14. The van der Waals surface area contributed by atoms with Crippen molar-refractivity contribution in [3.8, 4) is 5.75 Å². The van der Waals surface area contributed by atoms with E-state index in [0.717, 1.165) is 38.5 Å². The van der Waals surface area contributed by atoms with Crippen molar-refractivity contribution in [1.82, 2.24) is 10.6 Å². The van der Waals surface area contributed by atoms with Crippen molar-refractivity contribution in [1.29, 1.82) is 0 Å². The molecule has 0 aliphatic rings. The first-order valence-electron chi connectivity index (χ1n) is 15.1. The summed E-state index contributed by atoms with van der Waals surface area (Å²) in [6.45, 7) is 1.36. The zero-order valence-corrected chi connectivity index (χ0v) is 24.7. The first-order chi connectivity index (χ1) is 19.8. The van der Waals surface area contributed by atoms with Gasteiger partial charge in [-0.25, -0.2) is 9.59 Å². The van der Waals surface area contributed by atoms with Crippen molar-refractivity contribution in [2.45, 2.75) is 109 Å². The van der Waals surface area contributed by atoms with Crippen LogP contribution in [0.2, 0.25) is 0 Å². The first-order valence-corrected chi connectivity index (χ1v) is 15.1. The Morgan fingerprint density at radius 2 is 1.34 bits per heavy atom. The topological polar surface area (TPSA) is 151 Å². The molecule has 1 aromatic rings. The summed E-state index contributed by atoms with van der Waals surface area (Å²) in [5.74, 6) is -2.01. The van der Waals surface area contributed by atoms with E-state index in [9.17, 15) is 24.3 Å². The molecule has 1 aromatic carbocycles. The predicted octanol–water partition coefficient (Wildman–Crippen LogP) is 5.34. The number of amides is 2. The lowest BCUT2D eigenvalue weighted by Crippen LogP contribution is -2.41. The van der Waals surface area contributed by atoms with E-state index in [4.69, 9.17) is 14.6 Å². The summed E-state index contributed by atoms with van der Waals surface area (Å²) in [5.41, 5.74) is 0.241. The van der Waals surface area contributed by atoms with E-state index in [-0.39, 0.29) is 30.2 Å². The number of unbranched alkanes of at least 4 members (excludes halogenated alkanes) is 12. The standard InChI is InChI=1S/C31H50N2O8/c1-40-23-21-32-28(34)20-19-27(31(38)39)33-29(35)18-13-11-9-7-5-3-2-4-6-8-10-12-14-22-41-26-17-15-16-25(24-26)30(36)37/h15-17,24,27H,2-14,18-23H2,1H3,(H,32,34)(H,33,35)(H,36,37)(H,38,39)/t27-/m0/s1. The summed E-state index contributed by atoms with van der Waals surface area (Å²) < 4.78 is 10.5. The van der Waals surface area contributed by atoms with Crippen LogP contribution in [0.3, 0.4) is 0 Å². The summed E-state index contributed by atoms with van der Waals surface area (Å²) in [7, 11) is 1.53. The Labute approximate surface area is 244 Å². The van der Waals surface area contributed by atoms with Gasteiger partial charge in [-0.2, -0.15) is 0 Å². The molecule has 41 heavy (non-hydrogen) atoms. The number of carbonyl (C=O) groups excluding carboxylic acids is 2. The third-order valence-corrected chi connectivity index (χ3v) is 6.82. The Kier molecular flexibility index (Phi) is 20.6. The lowest BCUT2D eigenvalue weighted by Gasteiger charge is -2.14. The average molecular weight is 579 g/mol. The van der Waals surface area contributed by atoms with Crippen LogP contribution in [0.1, 0.15) is 113 Å². The number of carboxylic acids is 2. The van der Waals surface area contributed by atoms with Gasteiger partial charge in [-0.05, 0) is 37.5 Å². The molecule has 10 heteroatoms. The third kappa shape index (κ3) is 19.6. The molecule has 0 aliphatic heterocycles. The number of ether oxygens (including phenoxy) is 2. The van der Waals surface area contributed by atoms with Crippen molar-refractivity contribution >= 4 is 23.8 Å². The van der Waals surface area contributed by atoms with Gasteiger partial charge in [0.15, 0.2) is 0 Å². The number of hydrogen-bond donors (Lipinski definition) is 4. The van der Waals surface area contributed by atoms with E-state index in [1.165, 1.54) is 52.1 Å². The third-order valence-electron chi connectivity index (χ3n) is 6.82. The highest BCUT2D eigenvalue weighted by Gasteiger charge is 2.20. The van der Waals surface area contributed by atoms with E-state index in [1.807, 2.05) is 0 Å². The summed E-state index contributed by atoms with van der Waals surface area (Å²) in [6, 6.07) is 5.53. The van der Waals surface area contributed by atoms with Crippen LogP contribution in [0.5, 0.6) is 5.75 Å². The lowest BCUT2D eigenvalue weighted by atomic mass is 10.0. The number of benzene rings is 1. The molecule has 0 saturated carbocycles. The lowest BCUT2D eigenvalue weighted by molar-refractivity contribution is -0.142. The predicted molar refractivity (Wildman–Crippen MR) is 157 cm³/mol. The summed E-state index contributed by atoms with van der Waals surface area (Å²) in [5, 5.41) is 23.5. The van der Waals surface area contributed by atoms with E-state index < -0.39 is 18.0 Å². The van der Waals surface area contributed by atoms with Crippen molar-refractivity contribution in [3.05, 3.63) is 29.8 Å². The highest BCUT2D eigenvalue weighted by Crippen LogP contribution is 2.15. The van der Waals surface area contributed by atoms with Gasteiger partial charge < -0.3 is 30.3 Å². The molecule has 1 rings (SSSR count). The molecule has 4 N–H and O–H groups in total. The molecule has 232 valence electrons. The zero-order valence-electron chi connectivity index (χ0n) is 24.7. The Bertz CT molecular complexity index is 893. The number of carboxylic acid groups (broad SMARTS) is 2. The first kappa shape index (κ1) is 35.9. The number of nitrogens with one attached hydrogen (secondary N) is 2. The van der Waals surface area contributed by atoms with Crippen molar-refractivity contribution in [2.75, 3.05) is 26.9 Å². The van der Waals surface area contributed by atoms with Gasteiger partial charge in [0.2, 0.25) is 11.8 Å². The van der Waals surface area contributed by atoms with Gasteiger partial charge in [-0.1, -0.05) is 76.7 Å². The fourth-order valence-corrected chi connectivity index (χ4v) is 4.42. The quantitative estimate of drug-likeness (QED) is 0.108. The zero-order chi connectivity index (χ0) is 30.1. The molecule has 0 aromatic heterocycles. The molecule has 0 bridgehead atoms. The van der Waals surface area contributed by atoms with Crippen LogP contribution in [-0.2, 0) is 19.1 Å². The molecule has 0 spiro atoms. The minimum absolute atomic E-state index is 0.0327. The van der Waals surface area contributed by atoms with Crippen molar-refractivity contribution in [2.24, 2.45) is 0 Å². The number of hydrogen-bond acceptors (Lipinski definition) is 6. The number of aromatic carboxylic acids is 1. The van der Waals surface area contributed by atoms with Crippen LogP contribution >= 0.6 is 0 Å². The molecular weight excluding hydrogens is 528 g/mol. The summed E-state index contributed by atoms with van der Waals surface area (Å²) in [4.78, 5) is 46.2. The Balaban J connectivity index is 1.92. The second-order valence-electron chi connectivity index (χ2n) is 10.4. The van der Waals surface area contributed by atoms with Gasteiger partial charge in [-0.3, -0.25) is 9.59 Å². The van der Waals surface area contributed by atoms with E-state index in [0.29, 0.717) is 31.9 Å². The van der Waals surface area contributed by atoms with Gasteiger partial charge in [0, 0.05) is 26.5 Å². The molecule has 0 radical (unpaired) electrons. The van der Waals surface area contributed by atoms with Crippen molar-refractivity contribution in [3.63, 3.8) is 0 Å². The second kappa shape index (κ2) is 23.6. The van der Waals surface area contributed by atoms with Gasteiger partial charge in [0.1, 0.15) is 11.8 Å². The Morgan fingerprint density at radius 3 is 1.90 bits per heavy atom. The average Bonchev–Trinajstić information content (AvgIpc) is 2.95. The Morgan fingerprint density at radius 1 is 0.756 bits per heavy atom. The van der Waals surface area contributed by atoms with Crippen LogP contribution < -0.4 is 15.4 Å². The van der Waals surface area contributed by atoms with Crippen LogP contribution in [0.25, 0.3) is 0 Å². The smallest absolute Gasteiger partial charge is 0.335 e. The maximum atomic E-state index is 12.1. The fraction of sp³-hybridized carbons (Fsp3) is 0.677. The van der Waals surface area contributed by atoms with Crippen LogP contribution in [0.15, 0.2) is 24.3 Å². The van der Waals surface area contributed by atoms with E-state index in [1.54, 1.807) is 24.3 Å². The second-order valence-corrected chi connectivity index (χ2v) is 10.4. The van der Waals surface area contributed by atoms with Gasteiger partial charge >= 0.3 is 11.9 Å². The normalized spacial score (nSPS) is 11.5. The van der Waals surface area contributed by atoms with Crippen LogP contribution in [-0.4, -0.2) is 66.9 Å². The highest BCUT2D eigenvalue weighted by atomic mass is 16.5. The maximum absolute atomic E-state index is 12.1. The monoisotopic (exact) mass is 578 g/mol. The molecule has 0 heterocycles. The minimum Gasteiger partial charge on any atom is -0.494 e. The van der Waals surface area contributed by atoms with Gasteiger partial charge in [0.25, 0.3) is 0 Å². The fourth-order valence-electron chi connectivity index (χ4n) is 4.42. The molecule has 0 unspecified atom stereocenters. The molecule has 1 atom stereocenters. The van der Waals surface area contributed by atoms with E-state index in [2.05, 4.69) is 10.6 Å². The molecule has 0 saturated heterocycles. The molecule has 10 nitrogen and oxygen atoms in total. The number of aliphatic carboxylic acids is 1. The summed E-state index contributed by atoms with van der Waals surface area (Å²) >= 11 is 0. The molecule has 0 fully saturated rings. The summed E-state index contributed by atoms with van der Waals surface area (Å²) in [6.07, 6.45) is 14.9. The van der Waals surface area contributed by atoms with E-state index >= 15 is 0 Å². The molecule has 2 amide bonds. The highest BCUT2D eigenvalue weighted by molar-refractivity contribution is 5.88. The molecule has 0 aliphatic carbocycles. The number of methoxy groups -OCH3 is 1. The van der Waals surface area contributed by atoms with Crippen LogP contribution in [0, 0.1) is 0 Å². The van der Waals surface area contributed by atoms with Gasteiger partial charge in [0.05, 0.1) is 18.8 Å².